The lowest BCUT2D eigenvalue weighted by atomic mass is 10.1. The SMILES string of the molecule is CC1(C(F)(F)C(F)=C(F)F)OCC(F)(C(F)(F)F)O1.CC1(C(F)=C(F)F)OCC(F)(C(F)(F)F)O1. The van der Waals surface area contributed by atoms with Gasteiger partial charge in [0.25, 0.3) is 0 Å². The summed E-state index contributed by atoms with van der Waals surface area (Å²) in [5.41, 5.74) is 0. The van der Waals surface area contributed by atoms with Crippen LogP contribution in [-0.4, -0.2) is 54.8 Å². The van der Waals surface area contributed by atoms with Gasteiger partial charge in [0.15, 0.2) is 0 Å². The monoisotopic (exact) mass is 558 g/mol. The summed E-state index contributed by atoms with van der Waals surface area (Å²) in [6.45, 7) is -3.31. The first kappa shape index (κ1) is 31.2. The minimum Gasteiger partial charge on any atom is -0.338 e. The molecule has 2 aliphatic heterocycles. The van der Waals surface area contributed by atoms with Crippen molar-refractivity contribution in [2.75, 3.05) is 13.2 Å². The Morgan fingerprint density at radius 2 is 1.03 bits per heavy atom. The van der Waals surface area contributed by atoms with Crippen molar-refractivity contribution in [2.24, 2.45) is 0 Å². The Labute approximate surface area is 183 Å². The molecule has 206 valence electrons. The van der Waals surface area contributed by atoms with Crippen molar-refractivity contribution in [1.29, 1.82) is 0 Å². The second kappa shape index (κ2) is 9.25. The lowest BCUT2D eigenvalue weighted by molar-refractivity contribution is -0.362. The lowest BCUT2D eigenvalue weighted by Crippen LogP contribution is -2.51. The minimum absolute atomic E-state index is 0.0165. The summed E-state index contributed by atoms with van der Waals surface area (Å²) in [4.78, 5) is 0. The predicted octanol–water partition coefficient (Wildman–Crippen LogP) is 6.75. The first-order valence-electron chi connectivity index (χ1n) is 8.28. The summed E-state index contributed by atoms with van der Waals surface area (Å²) in [7, 11) is 0. The number of hydrogen-bond acceptors (Lipinski definition) is 4. The second-order valence-corrected chi connectivity index (χ2v) is 6.85. The Morgan fingerprint density at radius 3 is 1.34 bits per heavy atom. The molecule has 0 aliphatic carbocycles. The fourth-order valence-electron chi connectivity index (χ4n) is 2.23. The zero-order valence-electron chi connectivity index (χ0n) is 16.6. The normalized spacial score (nSPS) is 33.8. The topological polar surface area (TPSA) is 36.9 Å². The largest absolute Gasteiger partial charge is 0.450 e. The van der Waals surface area contributed by atoms with E-state index in [1.54, 1.807) is 0 Å². The van der Waals surface area contributed by atoms with Gasteiger partial charge in [-0.05, 0) is 13.8 Å². The van der Waals surface area contributed by atoms with Crippen LogP contribution in [0.4, 0.5) is 70.2 Å². The molecule has 20 heteroatoms. The van der Waals surface area contributed by atoms with Crippen molar-refractivity contribution in [1.82, 2.24) is 0 Å². The van der Waals surface area contributed by atoms with Gasteiger partial charge in [0.1, 0.15) is 13.2 Å². The first-order valence-corrected chi connectivity index (χ1v) is 8.28. The molecule has 0 bridgehead atoms. The van der Waals surface area contributed by atoms with Crippen molar-refractivity contribution >= 4 is 0 Å². The molecule has 2 heterocycles. The van der Waals surface area contributed by atoms with Crippen molar-refractivity contribution in [3.8, 4) is 0 Å². The Hall–Kier alpha value is -1.80. The van der Waals surface area contributed by atoms with Crippen LogP contribution in [0.25, 0.3) is 0 Å². The maximum Gasteiger partial charge on any atom is 0.450 e. The standard InChI is InChI=1S/C8H5F9O2.C7H5F7O2/c1-5(7(13,14)3(9)4(10)11)18-2-6(12,19-5)8(15,16)17;1-5(3(8)4(9)10)15-2-6(11,16-5)7(12,13)14/h2H2,1H3;2H2,1H3. The molecule has 0 aromatic heterocycles. The molecular weight excluding hydrogens is 548 g/mol. The fourth-order valence-corrected chi connectivity index (χ4v) is 2.23. The van der Waals surface area contributed by atoms with E-state index in [9.17, 15) is 70.2 Å². The lowest BCUT2D eigenvalue weighted by Gasteiger charge is -2.31. The minimum atomic E-state index is -5.75. The second-order valence-electron chi connectivity index (χ2n) is 6.85. The average molecular weight is 558 g/mol. The quantitative estimate of drug-likeness (QED) is 0.360. The molecular formula is C15H10F16O4. The molecule has 0 aromatic rings. The third-order valence-corrected chi connectivity index (χ3v) is 4.20. The smallest absolute Gasteiger partial charge is 0.338 e. The van der Waals surface area contributed by atoms with E-state index in [2.05, 4.69) is 18.9 Å². The van der Waals surface area contributed by atoms with Crippen LogP contribution in [0.3, 0.4) is 0 Å². The van der Waals surface area contributed by atoms with Gasteiger partial charge in [-0.3, -0.25) is 9.47 Å². The summed E-state index contributed by atoms with van der Waals surface area (Å²) >= 11 is 0. The summed E-state index contributed by atoms with van der Waals surface area (Å²) in [5.74, 6) is -26.9. The summed E-state index contributed by atoms with van der Waals surface area (Å²) in [6, 6.07) is 0. The molecule has 35 heavy (non-hydrogen) atoms. The number of alkyl halides is 10. The van der Waals surface area contributed by atoms with Gasteiger partial charge in [0.2, 0.25) is 23.2 Å². The molecule has 4 unspecified atom stereocenters. The van der Waals surface area contributed by atoms with Crippen molar-refractivity contribution < 1.29 is 89.2 Å². The van der Waals surface area contributed by atoms with Crippen LogP contribution in [0.5, 0.6) is 0 Å². The molecule has 2 fully saturated rings. The van der Waals surface area contributed by atoms with E-state index >= 15 is 0 Å². The van der Waals surface area contributed by atoms with E-state index in [1.165, 1.54) is 0 Å². The van der Waals surface area contributed by atoms with Gasteiger partial charge < -0.3 is 9.47 Å². The molecule has 2 saturated heterocycles. The van der Waals surface area contributed by atoms with Gasteiger partial charge in [0.05, 0.1) is 0 Å². The number of rotatable bonds is 3. The van der Waals surface area contributed by atoms with Gasteiger partial charge in [-0.15, -0.1) is 0 Å². The van der Waals surface area contributed by atoms with Crippen molar-refractivity contribution in [3.63, 3.8) is 0 Å². The van der Waals surface area contributed by atoms with Crippen LogP contribution in [-0.2, 0) is 18.9 Å². The van der Waals surface area contributed by atoms with E-state index in [0.717, 1.165) is 0 Å². The summed E-state index contributed by atoms with van der Waals surface area (Å²) in [5, 5.41) is 0. The Morgan fingerprint density at radius 1 is 0.629 bits per heavy atom. The van der Waals surface area contributed by atoms with Gasteiger partial charge in [0, 0.05) is 0 Å². The van der Waals surface area contributed by atoms with E-state index in [4.69, 9.17) is 0 Å². The zero-order valence-corrected chi connectivity index (χ0v) is 16.6. The van der Waals surface area contributed by atoms with Crippen LogP contribution < -0.4 is 0 Å². The highest BCUT2D eigenvalue weighted by Crippen LogP contribution is 2.52. The highest BCUT2D eigenvalue weighted by Gasteiger charge is 2.73. The molecule has 0 saturated carbocycles. The van der Waals surface area contributed by atoms with Crippen molar-refractivity contribution in [3.05, 3.63) is 23.8 Å². The van der Waals surface area contributed by atoms with Gasteiger partial charge in [-0.1, -0.05) is 0 Å². The molecule has 0 aromatic carbocycles. The molecule has 4 atom stereocenters. The third-order valence-electron chi connectivity index (χ3n) is 4.20. The first-order chi connectivity index (χ1) is 15.3. The van der Waals surface area contributed by atoms with E-state index in [0.29, 0.717) is 6.92 Å². The number of hydrogen-bond donors (Lipinski definition) is 0. The molecule has 0 spiro atoms. The molecule has 2 aliphatic rings. The summed E-state index contributed by atoms with van der Waals surface area (Å²) in [6.07, 6.45) is -17.7. The maximum atomic E-state index is 13.2. The predicted molar refractivity (Wildman–Crippen MR) is 76.3 cm³/mol. The van der Waals surface area contributed by atoms with Crippen molar-refractivity contribution in [2.45, 2.75) is 55.4 Å². The van der Waals surface area contributed by atoms with Gasteiger partial charge in [-0.2, -0.15) is 70.2 Å². The van der Waals surface area contributed by atoms with Crippen LogP contribution in [0.15, 0.2) is 23.8 Å². The van der Waals surface area contributed by atoms with Crippen LogP contribution in [0, 0.1) is 0 Å². The number of ether oxygens (including phenoxy) is 4. The van der Waals surface area contributed by atoms with Crippen LogP contribution in [0.2, 0.25) is 0 Å². The highest BCUT2D eigenvalue weighted by atomic mass is 19.4. The Balaban J connectivity index is 0.000000355. The van der Waals surface area contributed by atoms with E-state index < -0.39 is 78.6 Å². The summed E-state index contributed by atoms with van der Waals surface area (Å²) < 4.78 is 212. The van der Waals surface area contributed by atoms with Crippen LogP contribution >= 0.6 is 0 Å². The fraction of sp³-hybridized carbons (Fsp3) is 0.733. The Bertz CT molecular complexity index is 860. The third kappa shape index (κ3) is 5.79. The van der Waals surface area contributed by atoms with E-state index in [1.807, 2.05) is 0 Å². The highest BCUT2D eigenvalue weighted by molar-refractivity contribution is 5.12. The molecule has 4 nitrogen and oxygen atoms in total. The molecule has 0 amide bonds. The van der Waals surface area contributed by atoms with E-state index in [-0.39, 0.29) is 6.92 Å². The molecule has 0 radical (unpaired) electrons. The Kier molecular flexibility index (Phi) is 8.26. The van der Waals surface area contributed by atoms with Gasteiger partial charge >= 0.3 is 42.1 Å². The molecule has 0 N–H and O–H groups in total. The maximum absolute atomic E-state index is 13.2. The molecule has 2 rings (SSSR count). The van der Waals surface area contributed by atoms with Gasteiger partial charge in [-0.25, -0.2) is 0 Å². The van der Waals surface area contributed by atoms with Crippen LogP contribution in [0.1, 0.15) is 13.8 Å². The zero-order chi connectivity index (χ0) is 28.1. The average Bonchev–Trinajstić information content (AvgIpc) is 3.19. The number of halogens is 16.